The second-order valence-corrected chi connectivity index (χ2v) is 7.69. The molecule has 0 aliphatic carbocycles. The summed E-state index contributed by atoms with van der Waals surface area (Å²) >= 11 is 6.97. The number of aryl methyl sites for hydroxylation is 1. The first-order valence-corrected chi connectivity index (χ1v) is 9.62. The first-order valence-electron chi connectivity index (χ1n) is 8.03. The van der Waals surface area contributed by atoms with Gasteiger partial charge in [-0.05, 0) is 27.6 Å². The van der Waals surface area contributed by atoms with Crippen LogP contribution in [-0.4, -0.2) is 51.7 Å². The number of nitrogens with zero attached hydrogens (tertiary/aromatic N) is 4. The van der Waals surface area contributed by atoms with Crippen molar-refractivity contribution in [3.8, 4) is 0 Å². The SMILES string of the molecule is O=C(CCn1cc(Br)cn1)N1CCN(Cc2ccccc2Br)CC1. The Hall–Kier alpha value is -1.18. The summed E-state index contributed by atoms with van der Waals surface area (Å²) in [6, 6.07) is 8.31. The van der Waals surface area contributed by atoms with Gasteiger partial charge in [0.25, 0.3) is 0 Å². The molecular weight excluding hydrogens is 436 g/mol. The fraction of sp³-hybridized carbons (Fsp3) is 0.412. The number of benzene rings is 1. The molecular formula is C17H20Br2N4O. The maximum Gasteiger partial charge on any atom is 0.224 e. The third kappa shape index (κ3) is 4.68. The predicted molar refractivity (Wildman–Crippen MR) is 101 cm³/mol. The fourth-order valence-corrected chi connectivity index (χ4v) is 3.59. The molecule has 1 fully saturated rings. The Bertz CT molecular complexity index is 695. The first-order chi connectivity index (χ1) is 11.6. The van der Waals surface area contributed by atoms with E-state index in [1.165, 1.54) is 5.56 Å². The lowest BCUT2D eigenvalue weighted by Gasteiger charge is -2.35. The van der Waals surface area contributed by atoms with E-state index in [2.05, 4.69) is 60.1 Å². The Labute approximate surface area is 158 Å². The van der Waals surface area contributed by atoms with Crippen LogP contribution in [0.2, 0.25) is 0 Å². The van der Waals surface area contributed by atoms with Crippen molar-refractivity contribution in [1.82, 2.24) is 19.6 Å². The average molecular weight is 456 g/mol. The van der Waals surface area contributed by atoms with E-state index < -0.39 is 0 Å². The van der Waals surface area contributed by atoms with Gasteiger partial charge in [-0.25, -0.2) is 0 Å². The number of aromatic nitrogens is 2. The topological polar surface area (TPSA) is 41.4 Å². The molecule has 2 heterocycles. The van der Waals surface area contributed by atoms with Crippen LogP contribution >= 0.6 is 31.9 Å². The van der Waals surface area contributed by atoms with Gasteiger partial charge in [-0.15, -0.1) is 0 Å². The van der Waals surface area contributed by atoms with Crippen molar-refractivity contribution in [1.29, 1.82) is 0 Å². The summed E-state index contributed by atoms with van der Waals surface area (Å²) in [6.07, 6.45) is 4.13. The molecule has 0 atom stereocenters. The molecule has 0 unspecified atom stereocenters. The zero-order chi connectivity index (χ0) is 16.9. The number of carbonyl (C=O) groups is 1. The molecule has 7 heteroatoms. The highest BCUT2D eigenvalue weighted by Gasteiger charge is 2.21. The van der Waals surface area contributed by atoms with Crippen molar-refractivity contribution in [3.05, 3.63) is 51.2 Å². The van der Waals surface area contributed by atoms with Crippen molar-refractivity contribution in [2.45, 2.75) is 19.5 Å². The van der Waals surface area contributed by atoms with Gasteiger partial charge in [-0.3, -0.25) is 14.4 Å². The summed E-state index contributed by atoms with van der Waals surface area (Å²) in [7, 11) is 0. The molecule has 1 aliphatic heterocycles. The Morgan fingerprint density at radius 2 is 1.88 bits per heavy atom. The van der Waals surface area contributed by atoms with Gasteiger partial charge < -0.3 is 4.90 Å². The molecule has 1 aliphatic rings. The fourth-order valence-electron chi connectivity index (χ4n) is 2.85. The molecule has 0 radical (unpaired) electrons. The Morgan fingerprint density at radius 3 is 2.54 bits per heavy atom. The number of piperazine rings is 1. The Balaban J connectivity index is 1.44. The van der Waals surface area contributed by atoms with Gasteiger partial charge in [-0.1, -0.05) is 34.1 Å². The highest BCUT2D eigenvalue weighted by atomic mass is 79.9. The van der Waals surface area contributed by atoms with E-state index in [1.54, 1.807) is 10.9 Å². The summed E-state index contributed by atoms with van der Waals surface area (Å²) in [6.45, 7) is 4.98. The predicted octanol–water partition coefficient (Wildman–Crippen LogP) is 3.14. The zero-order valence-electron chi connectivity index (χ0n) is 13.4. The van der Waals surface area contributed by atoms with E-state index in [1.807, 2.05) is 17.2 Å². The van der Waals surface area contributed by atoms with Crippen LogP contribution in [0.25, 0.3) is 0 Å². The molecule has 0 bridgehead atoms. The quantitative estimate of drug-likeness (QED) is 0.695. The van der Waals surface area contributed by atoms with Crippen LogP contribution in [0.3, 0.4) is 0 Å². The number of amides is 1. The molecule has 2 aromatic rings. The van der Waals surface area contributed by atoms with Crippen LogP contribution < -0.4 is 0 Å². The van der Waals surface area contributed by atoms with E-state index in [0.29, 0.717) is 13.0 Å². The molecule has 1 aromatic carbocycles. The highest BCUT2D eigenvalue weighted by Crippen LogP contribution is 2.18. The Morgan fingerprint density at radius 1 is 1.12 bits per heavy atom. The van der Waals surface area contributed by atoms with Crippen LogP contribution in [0.5, 0.6) is 0 Å². The van der Waals surface area contributed by atoms with Crippen LogP contribution in [0, 0.1) is 0 Å². The van der Waals surface area contributed by atoms with Gasteiger partial charge in [0.2, 0.25) is 5.91 Å². The standard InChI is InChI=1S/C17H20Br2N4O/c18-15-11-20-23(13-15)6-5-17(24)22-9-7-21(8-10-22)12-14-3-1-2-4-16(14)19/h1-4,11,13H,5-10,12H2. The van der Waals surface area contributed by atoms with Gasteiger partial charge in [0.05, 0.1) is 10.7 Å². The lowest BCUT2D eigenvalue weighted by atomic mass is 10.2. The first kappa shape index (κ1) is 17.6. The molecule has 1 aromatic heterocycles. The van der Waals surface area contributed by atoms with E-state index in [4.69, 9.17) is 0 Å². The third-order valence-electron chi connectivity index (χ3n) is 4.23. The third-order valence-corrected chi connectivity index (χ3v) is 5.42. The van der Waals surface area contributed by atoms with E-state index in [0.717, 1.165) is 41.7 Å². The molecule has 24 heavy (non-hydrogen) atoms. The normalized spacial score (nSPS) is 15.7. The minimum absolute atomic E-state index is 0.210. The summed E-state index contributed by atoms with van der Waals surface area (Å²) in [5.74, 6) is 0.210. The largest absolute Gasteiger partial charge is 0.340 e. The average Bonchev–Trinajstić information content (AvgIpc) is 3.01. The van der Waals surface area contributed by atoms with Crippen molar-refractivity contribution >= 4 is 37.8 Å². The van der Waals surface area contributed by atoms with Crippen molar-refractivity contribution in [2.24, 2.45) is 0 Å². The second-order valence-electron chi connectivity index (χ2n) is 5.92. The van der Waals surface area contributed by atoms with Gasteiger partial charge in [0, 0.05) is 56.4 Å². The smallest absolute Gasteiger partial charge is 0.224 e. The van der Waals surface area contributed by atoms with E-state index in [9.17, 15) is 4.79 Å². The molecule has 5 nitrogen and oxygen atoms in total. The number of rotatable bonds is 5. The highest BCUT2D eigenvalue weighted by molar-refractivity contribution is 9.10. The van der Waals surface area contributed by atoms with Crippen LogP contribution in [0.4, 0.5) is 0 Å². The summed E-state index contributed by atoms with van der Waals surface area (Å²) in [5.41, 5.74) is 1.29. The van der Waals surface area contributed by atoms with Gasteiger partial charge in [0.1, 0.15) is 0 Å². The molecule has 0 spiro atoms. The molecule has 0 saturated carbocycles. The lowest BCUT2D eigenvalue weighted by molar-refractivity contribution is -0.133. The van der Waals surface area contributed by atoms with Gasteiger partial charge in [0.15, 0.2) is 0 Å². The Kier molecular flexibility index (Phi) is 6.08. The number of hydrogen-bond acceptors (Lipinski definition) is 3. The summed E-state index contributed by atoms with van der Waals surface area (Å²) in [5, 5.41) is 4.19. The van der Waals surface area contributed by atoms with Gasteiger partial charge in [-0.2, -0.15) is 5.10 Å². The molecule has 1 saturated heterocycles. The summed E-state index contributed by atoms with van der Waals surface area (Å²) in [4.78, 5) is 16.7. The monoisotopic (exact) mass is 454 g/mol. The number of hydrogen-bond donors (Lipinski definition) is 0. The van der Waals surface area contributed by atoms with Crippen molar-refractivity contribution in [3.63, 3.8) is 0 Å². The molecule has 0 N–H and O–H groups in total. The minimum atomic E-state index is 0.210. The van der Waals surface area contributed by atoms with E-state index >= 15 is 0 Å². The zero-order valence-corrected chi connectivity index (χ0v) is 16.5. The molecule has 128 valence electrons. The minimum Gasteiger partial charge on any atom is -0.340 e. The number of halogens is 2. The maximum atomic E-state index is 12.3. The molecule has 3 rings (SSSR count). The summed E-state index contributed by atoms with van der Waals surface area (Å²) < 4.78 is 3.88. The van der Waals surface area contributed by atoms with Gasteiger partial charge >= 0.3 is 0 Å². The second kappa shape index (κ2) is 8.27. The lowest BCUT2D eigenvalue weighted by Crippen LogP contribution is -2.48. The van der Waals surface area contributed by atoms with E-state index in [-0.39, 0.29) is 5.91 Å². The maximum absolute atomic E-state index is 12.3. The van der Waals surface area contributed by atoms with Crippen LogP contribution in [0.1, 0.15) is 12.0 Å². The van der Waals surface area contributed by atoms with Crippen LogP contribution in [0.15, 0.2) is 45.6 Å². The van der Waals surface area contributed by atoms with Crippen molar-refractivity contribution in [2.75, 3.05) is 26.2 Å². The molecule has 1 amide bonds. The number of carbonyl (C=O) groups excluding carboxylic acids is 1. The van der Waals surface area contributed by atoms with Crippen LogP contribution in [-0.2, 0) is 17.9 Å². The van der Waals surface area contributed by atoms with Crippen molar-refractivity contribution < 1.29 is 4.79 Å².